The monoisotopic (exact) mass is 546 g/mol. The molecule has 0 amide bonds. The highest BCUT2D eigenvalue weighted by Gasteiger charge is 2.57. The molecule has 4 atom stereocenters. The van der Waals surface area contributed by atoms with Crippen molar-refractivity contribution in [1.29, 1.82) is 0 Å². The van der Waals surface area contributed by atoms with E-state index in [0.717, 1.165) is 31.6 Å². The zero-order valence-corrected chi connectivity index (χ0v) is 26.0. The van der Waals surface area contributed by atoms with Crippen LogP contribution in [0.1, 0.15) is 111 Å². The lowest BCUT2D eigenvalue weighted by molar-refractivity contribution is -0.153. The predicted octanol–water partition coefficient (Wildman–Crippen LogP) is 7.58. The summed E-state index contributed by atoms with van der Waals surface area (Å²) in [4.78, 5) is 26.0. The van der Waals surface area contributed by atoms with Crippen molar-refractivity contribution < 1.29 is 23.9 Å². The number of rotatable bonds is 8. The molecule has 0 aromatic rings. The maximum absolute atomic E-state index is 13.7. The third-order valence-corrected chi connectivity index (χ3v) is 15.4. The van der Waals surface area contributed by atoms with Crippen molar-refractivity contribution in [2.45, 2.75) is 135 Å². The zero-order chi connectivity index (χ0) is 27.7. The summed E-state index contributed by atoms with van der Waals surface area (Å²) < 4.78 is 12.3. The number of carbonyl (C=O) groups excluding carboxylic acids is 2. The molecule has 0 radical (unpaired) electrons. The second-order valence-electron chi connectivity index (χ2n) is 14.5. The molecule has 0 heterocycles. The van der Waals surface area contributed by atoms with Crippen molar-refractivity contribution in [1.82, 2.24) is 0 Å². The molecule has 4 aliphatic carbocycles. The van der Waals surface area contributed by atoms with E-state index >= 15 is 0 Å². The summed E-state index contributed by atoms with van der Waals surface area (Å²) >= 11 is 0. The number of fused-ring (bicyclic) bond motifs is 1. The van der Waals surface area contributed by atoms with Crippen LogP contribution in [0.4, 0.5) is 0 Å². The highest BCUT2D eigenvalue weighted by atomic mass is 28.4. The standard InChI is InChI=1S/C32H54O5Si/c1-7-36-30(34)23-17-19-32(35,20-18-23)27-21-26-24(14-15-25(26)29(27)33)28(37-38(5,6)31(2,3)4)16-13-22-11-9-8-10-12-22/h16,22-27,35H,7-15,17-21H2,1-6H3/t23?,24-,25?,26?,27-,32?/m0/s1. The van der Waals surface area contributed by atoms with Gasteiger partial charge in [0.1, 0.15) is 5.78 Å². The molecule has 216 valence electrons. The van der Waals surface area contributed by atoms with Crippen LogP contribution >= 0.6 is 0 Å². The normalized spacial score (nSPS) is 35.3. The van der Waals surface area contributed by atoms with Crippen molar-refractivity contribution in [2.75, 3.05) is 6.61 Å². The Morgan fingerprint density at radius 1 is 1.05 bits per heavy atom. The first kappa shape index (κ1) is 29.8. The number of aliphatic hydroxyl groups is 1. The first-order valence-corrected chi connectivity index (χ1v) is 18.6. The third kappa shape index (κ3) is 6.27. The van der Waals surface area contributed by atoms with Crippen molar-refractivity contribution >= 4 is 20.1 Å². The number of esters is 1. The minimum atomic E-state index is -2.02. The van der Waals surface area contributed by atoms with E-state index in [2.05, 4.69) is 39.9 Å². The molecule has 0 saturated heterocycles. The zero-order valence-electron chi connectivity index (χ0n) is 25.0. The van der Waals surface area contributed by atoms with Crippen LogP contribution in [0.15, 0.2) is 11.8 Å². The molecule has 0 bridgehead atoms. The molecular formula is C32H54O5Si. The van der Waals surface area contributed by atoms with Gasteiger partial charge in [-0.1, -0.05) is 52.9 Å². The van der Waals surface area contributed by atoms with Gasteiger partial charge in [-0.3, -0.25) is 9.59 Å². The molecule has 38 heavy (non-hydrogen) atoms. The third-order valence-electron chi connectivity index (χ3n) is 11.1. The van der Waals surface area contributed by atoms with Gasteiger partial charge in [-0.05, 0) is 94.3 Å². The molecule has 4 saturated carbocycles. The number of hydrogen-bond donors (Lipinski definition) is 1. The van der Waals surface area contributed by atoms with E-state index in [-0.39, 0.29) is 46.4 Å². The summed E-state index contributed by atoms with van der Waals surface area (Å²) in [5.41, 5.74) is -0.985. The number of ketones is 1. The minimum Gasteiger partial charge on any atom is -0.547 e. The van der Waals surface area contributed by atoms with Gasteiger partial charge < -0.3 is 14.3 Å². The summed E-state index contributed by atoms with van der Waals surface area (Å²) in [7, 11) is -2.02. The van der Waals surface area contributed by atoms with Crippen LogP contribution in [0.2, 0.25) is 18.1 Å². The van der Waals surface area contributed by atoms with Gasteiger partial charge in [-0.15, -0.1) is 0 Å². The lowest BCUT2D eigenvalue weighted by Gasteiger charge is -2.40. The molecule has 2 unspecified atom stereocenters. The first-order chi connectivity index (χ1) is 17.9. The molecule has 4 aliphatic rings. The summed E-state index contributed by atoms with van der Waals surface area (Å²) in [5, 5.41) is 11.8. The van der Waals surface area contributed by atoms with Crippen molar-refractivity contribution in [3.8, 4) is 0 Å². The van der Waals surface area contributed by atoms with Gasteiger partial charge in [0.05, 0.1) is 23.9 Å². The van der Waals surface area contributed by atoms with Gasteiger partial charge in [-0.25, -0.2) is 0 Å². The minimum absolute atomic E-state index is 0.0397. The largest absolute Gasteiger partial charge is 0.547 e. The van der Waals surface area contributed by atoms with Crippen LogP contribution in [0.3, 0.4) is 0 Å². The van der Waals surface area contributed by atoms with E-state index in [4.69, 9.17) is 9.16 Å². The molecule has 0 aromatic heterocycles. The topological polar surface area (TPSA) is 72.8 Å². The molecule has 0 aromatic carbocycles. The number of carbonyl (C=O) groups is 2. The fourth-order valence-corrected chi connectivity index (χ4v) is 8.75. The number of ether oxygens (including phenoxy) is 1. The van der Waals surface area contributed by atoms with Crippen molar-refractivity contribution in [3.63, 3.8) is 0 Å². The predicted molar refractivity (Wildman–Crippen MR) is 154 cm³/mol. The highest BCUT2D eigenvalue weighted by Crippen LogP contribution is 2.56. The van der Waals surface area contributed by atoms with Gasteiger partial charge in [0.15, 0.2) is 0 Å². The summed E-state index contributed by atoms with van der Waals surface area (Å²) in [6.45, 7) is 13.8. The van der Waals surface area contributed by atoms with Gasteiger partial charge >= 0.3 is 5.97 Å². The Kier molecular flexibility index (Phi) is 9.23. The number of allylic oxidation sites excluding steroid dienone is 2. The second kappa shape index (κ2) is 11.8. The molecule has 0 spiro atoms. The molecule has 0 aliphatic heterocycles. The van der Waals surface area contributed by atoms with Crippen LogP contribution in [0.25, 0.3) is 0 Å². The Balaban J connectivity index is 1.50. The molecule has 6 heteroatoms. The molecule has 5 nitrogen and oxygen atoms in total. The van der Waals surface area contributed by atoms with Crippen LogP contribution in [0, 0.1) is 35.5 Å². The Hall–Kier alpha value is -1.14. The number of hydrogen-bond acceptors (Lipinski definition) is 5. The maximum Gasteiger partial charge on any atom is 0.308 e. The second-order valence-corrected chi connectivity index (χ2v) is 19.2. The highest BCUT2D eigenvalue weighted by molar-refractivity contribution is 6.74. The van der Waals surface area contributed by atoms with Crippen molar-refractivity contribution in [2.24, 2.45) is 35.5 Å². The van der Waals surface area contributed by atoms with Crippen molar-refractivity contribution in [3.05, 3.63) is 11.8 Å². The average molecular weight is 547 g/mol. The van der Waals surface area contributed by atoms with Crippen LogP contribution in [-0.4, -0.2) is 37.4 Å². The van der Waals surface area contributed by atoms with Gasteiger partial charge in [0.2, 0.25) is 8.32 Å². The summed E-state index contributed by atoms with van der Waals surface area (Å²) in [6.07, 6.45) is 15.2. The van der Waals surface area contributed by atoms with E-state index in [1.165, 1.54) is 37.9 Å². The van der Waals surface area contributed by atoms with Crippen LogP contribution in [0.5, 0.6) is 0 Å². The molecular weight excluding hydrogens is 492 g/mol. The molecule has 4 fully saturated rings. The Bertz CT molecular complexity index is 873. The smallest absolute Gasteiger partial charge is 0.308 e. The lowest BCUT2D eigenvalue weighted by atomic mass is 9.70. The maximum atomic E-state index is 13.7. The van der Waals surface area contributed by atoms with Gasteiger partial charge in [-0.2, -0.15) is 0 Å². The van der Waals surface area contributed by atoms with E-state index < -0.39 is 13.9 Å². The van der Waals surface area contributed by atoms with E-state index in [9.17, 15) is 14.7 Å². The molecule has 1 N–H and O–H groups in total. The fourth-order valence-electron chi connectivity index (χ4n) is 7.62. The SMILES string of the molecule is CCOC(=O)C1CCC(O)([C@H]2CC3C(CC[C@@H]3C(=CCC3CCCCC3)O[Si](C)(C)C(C)(C)C)C2=O)CC1. The summed E-state index contributed by atoms with van der Waals surface area (Å²) in [5.74, 6) is 2.18. The lowest BCUT2D eigenvalue weighted by Crippen LogP contribution is -2.45. The van der Waals surface area contributed by atoms with Gasteiger partial charge in [0, 0.05) is 17.8 Å². The fraction of sp³-hybridized carbons (Fsp3) is 0.875. The van der Waals surface area contributed by atoms with E-state index in [1.807, 2.05) is 6.92 Å². The van der Waals surface area contributed by atoms with E-state index in [0.29, 0.717) is 32.3 Å². The average Bonchev–Trinajstić information content (AvgIpc) is 3.43. The summed E-state index contributed by atoms with van der Waals surface area (Å²) in [6, 6.07) is 0. The Morgan fingerprint density at radius 2 is 1.71 bits per heavy atom. The first-order valence-electron chi connectivity index (χ1n) is 15.7. The molecule has 4 rings (SSSR count). The van der Waals surface area contributed by atoms with E-state index in [1.54, 1.807) is 0 Å². The Labute approximate surface area is 232 Å². The number of Topliss-reactive ketones (excluding diaryl/α,β-unsaturated/α-hetero) is 1. The van der Waals surface area contributed by atoms with Crippen LogP contribution in [-0.2, 0) is 18.8 Å². The van der Waals surface area contributed by atoms with Gasteiger partial charge in [0.25, 0.3) is 0 Å². The Morgan fingerprint density at radius 3 is 2.32 bits per heavy atom. The quantitative estimate of drug-likeness (QED) is 0.193. The van der Waals surface area contributed by atoms with Crippen LogP contribution < -0.4 is 0 Å².